The molecule has 0 unspecified atom stereocenters. The third-order valence-corrected chi connectivity index (χ3v) is 2.38. The largest absolute Gasteiger partial charge is 1.00 e. The number of unbranched alkanes of at least 4 members (excludes halogenated alkanes) is 9. The minimum Gasteiger partial charge on any atom is -0.542 e. The normalized spacial score (nSPS) is 8.88. The van der Waals surface area contributed by atoms with E-state index in [0.29, 0.717) is 6.42 Å². The molecule has 17 heavy (non-hydrogen) atoms. The Morgan fingerprint density at radius 1 is 0.824 bits per heavy atom. The van der Waals surface area contributed by atoms with Crippen molar-refractivity contribution in [2.45, 2.75) is 78.1 Å². The molecule has 0 fully saturated rings. The molecular formula is C14H29NaO2. The van der Waals surface area contributed by atoms with E-state index >= 15 is 0 Å². The summed E-state index contributed by atoms with van der Waals surface area (Å²) in [7, 11) is 0. The summed E-state index contributed by atoms with van der Waals surface area (Å²) in [6.07, 6.45) is 14.4. The van der Waals surface area contributed by atoms with Gasteiger partial charge in [0.05, 0.1) is 0 Å². The summed E-state index contributed by atoms with van der Waals surface area (Å²) < 4.78 is 0. The number of carbonyl (C=O) groups excluding carboxylic acids is 1. The van der Waals surface area contributed by atoms with E-state index in [9.17, 15) is 4.79 Å². The van der Waals surface area contributed by atoms with Crippen molar-refractivity contribution in [3.8, 4) is 0 Å². The molecule has 0 aliphatic heterocycles. The Morgan fingerprint density at radius 3 is 1.53 bits per heavy atom. The fourth-order valence-corrected chi connectivity index (χ4v) is 1.51. The Bertz CT molecular complexity index is 119. The van der Waals surface area contributed by atoms with Crippen molar-refractivity contribution in [3.63, 3.8) is 0 Å². The number of rotatable bonds is 10. The molecule has 0 aliphatic rings. The Kier molecular flexibility index (Phi) is 34.1. The summed E-state index contributed by atoms with van der Waals surface area (Å²) in [4.78, 5) is 9.89. The fourth-order valence-electron chi connectivity index (χ4n) is 1.51. The number of hydrogen-bond donors (Lipinski definition) is 1. The molecule has 0 aromatic carbocycles. The van der Waals surface area contributed by atoms with Gasteiger partial charge in [0.25, 0.3) is 0 Å². The molecule has 0 radical (unpaired) electrons. The van der Waals surface area contributed by atoms with Crippen LogP contribution in [0.4, 0.5) is 0 Å². The minimum absolute atomic E-state index is 0. The van der Waals surface area contributed by atoms with Crippen LogP contribution in [-0.2, 0) is 4.79 Å². The Morgan fingerprint density at radius 2 is 1.18 bits per heavy atom. The topological polar surface area (TPSA) is 37.3 Å². The van der Waals surface area contributed by atoms with E-state index in [1.807, 2.05) is 6.29 Å². The molecule has 3 heteroatoms. The van der Waals surface area contributed by atoms with Gasteiger partial charge in [0.1, 0.15) is 0 Å². The Hall–Kier alpha value is 0.630. The third kappa shape index (κ3) is 31.5. The molecule has 0 saturated carbocycles. The fraction of sp³-hybridized carbons (Fsp3) is 0.929. The van der Waals surface area contributed by atoms with Gasteiger partial charge in [-0.05, 0) is 6.92 Å². The van der Waals surface area contributed by atoms with Crippen LogP contribution in [0, 0.1) is 0 Å². The summed E-state index contributed by atoms with van der Waals surface area (Å²) in [5.41, 5.74) is 0. The summed E-state index contributed by atoms with van der Waals surface area (Å²) in [5, 5.41) is 7.57. The monoisotopic (exact) mass is 252 g/mol. The van der Waals surface area contributed by atoms with Gasteiger partial charge in [0.15, 0.2) is 0 Å². The smallest absolute Gasteiger partial charge is 0.542 e. The molecule has 0 aromatic rings. The van der Waals surface area contributed by atoms with Crippen molar-refractivity contribution >= 4 is 6.29 Å². The molecular weight excluding hydrogens is 223 g/mol. The van der Waals surface area contributed by atoms with Gasteiger partial charge < -0.3 is 9.90 Å². The first kappa shape index (κ1) is 22.8. The maximum atomic E-state index is 9.89. The van der Waals surface area contributed by atoms with Crippen LogP contribution in [0.3, 0.4) is 0 Å². The molecule has 0 atom stereocenters. The number of aliphatic hydroxyl groups is 1. The van der Waals surface area contributed by atoms with Gasteiger partial charge in [-0.1, -0.05) is 64.7 Å². The zero-order valence-corrected chi connectivity index (χ0v) is 14.1. The molecule has 0 spiro atoms. The van der Waals surface area contributed by atoms with Crippen LogP contribution in [0.15, 0.2) is 0 Å². The minimum atomic E-state index is 0. The van der Waals surface area contributed by atoms with E-state index in [-0.39, 0.29) is 36.2 Å². The van der Waals surface area contributed by atoms with Crippen LogP contribution in [-0.4, -0.2) is 18.0 Å². The van der Waals surface area contributed by atoms with E-state index in [0.717, 1.165) is 6.42 Å². The molecule has 0 aromatic heterocycles. The maximum absolute atomic E-state index is 9.89. The van der Waals surface area contributed by atoms with Gasteiger partial charge in [0, 0.05) is 6.61 Å². The second kappa shape index (κ2) is 25.5. The van der Waals surface area contributed by atoms with E-state index in [2.05, 4.69) is 6.92 Å². The number of aliphatic hydroxyl groups excluding tert-OH is 1. The summed E-state index contributed by atoms with van der Waals surface area (Å²) >= 11 is 0. The van der Waals surface area contributed by atoms with Crippen molar-refractivity contribution in [3.05, 3.63) is 0 Å². The standard InChI is InChI=1S/C12H23O.C2H6O.Na/c1-2-3-4-5-6-7-8-9-10-11-12-13;1-2-3;/h2-11H2,1H3;3H,2H2,1H3;/q-1;;+1. The van der Waals surface area contributed by atoms with Crippen LogP contribution in [0.2, 0.25) is 0 Å². The van der Waals surface area contributed by atoms with Crippen LogP contribution >= 0.6 is 0 Å². The average Bonchev–Trinajstić information content (AvgIpc) is 2.28. The zero-order chi connectivity index (χ0) is 12.5. The number of hydrogen-bond acceptors (Lipinski definition) is 2. The van der Waals surface area contributed by atoms with Crippen molar-refractivity contribution < 1.29 is 39.5 Å². The quantitative estimate of drug-likeness (QED) is 0.358. The van der Waals surface area contributed by atoms with Gasteiger partial charge in [-0.3, -0.25) is 6.29 Å². The van der Waals surface area contributed by atoms with Gasteiger partial charge in [-0.25, -0.2) is 0 Å². The second-order valence-corrected chi connectivity index (χ2v) is 4.04. The Labute approximate surface area is 130 Å². The van der Waals surface area contributed by atoms with E-state index in [4.69, 9.17) is 5.11 Å². The maximum Gasteiger partial charge on any atom is 1.00 e. The molecule has 2 nitrogen and oxygen atoms in total. The third-order valence-electron chi connectivity index (χ3n) is 2.38. The SMILES string of the molecule is CCCCCCCCCCC[C-]=O.CCO.[Na+]. The van der Waals surface area contributed by atoms with Gasteiger partial charge >= 0.3 is 29.6 Å². The van der Waals surface area contributed by atoms with Crippen LogP contribution in [0.25, 0.3) is 0 Å². The first-order chi connectivity index (χ1) is 7.83. The summed E-state index contributed by atoms with van der Waals surface area (Å²) in [6, 6.07) is 0. The first-order valence-electron chi connectivity index (χ1n) is 6.79. The van der Waals surface area contributed by atoms with Crippen LogP contribution in [0.1, 0.15) is 78.1 Å². The molecule has 0 saturated heterocycles. The van der Waals surface area contributed by atoms with Crippen molar-refractivity contribution in [1.82, 2.24) is 0 Å². The van der Waals surface area contributed by atoms with Crippen molar-refractivity contribution in [2.75, 3.05) is 6.61 Å². The molecule has 0 aliphatic carbocycles. The molecule has 1 N–H and O–H groups in total. The van der Waals surface area contributed by atoms with E-state index < -0.39 is 0 Å². The van der Waals surface area contributed by atoms with Crippen molar-refractivity contribution in [1.29, 1.82) is 0 Å². The molecule has 0 bridgehead atoms. The zero-order valence-electron chi connectivity index (χ0n) is 12.1. The molecule has 0 heterocycles. The van der Waals surface area contributed by atoms with E-state index in [1.54, 1.807) is 6.92 Å². The first-order valence-corrected chi connectivity index (χ1v) is 6.79. The molecule has 0 rings (SSSR count). The van der Waals surface area contributed by atoms with Gasteiger partial charge in [-0.2, -0.15) is 6.42 Å². The predicted molar refractivity (Wildman–Crippen MR) is 70.3 cm³/mol. The molecule has 98 valence electrons. The van der Waals surface area contributed by atoms with Crippen LogP contribution in [0.5, 0.6) is 0 Å². The van der Waals surface area contributed by atoms with Crippen LogP contribution < -0.4 is 29.6 Å². The Balaban J connectivity index is -0.000000440. The van der Waals surface area contributed by atoms with Gasteiger partial charge in [0.2, 0.25) is 0 Å². The second-order valence-electron chi connectivity index (χ2n) is 4.04. The van der Waals surface area contributed by atoms with Crippen molar-refractivity contribution in [2.24, 2.45) is 0 Å². The van der Waals surface area contributed by atoms with E-state index in [1.165, 1.54) is 51.4 Å². The van der Waals surface area contributed by atoms with Gasteiger partial charge in [-0.15, -0.1) is 0 Å². The average molecular weight is 252 g/mol. The summed E-state index contributed by atoms with van der Waals surface area (Å²) in [6.45, 7) is 4.18. The predicted octanol–water partition coefficient (Wildman–Crippen LogP) is 1.02. The summed E-state index contributed by atoms with van der Waals surface area (Å²) in [5.74, 6) is 0. The molecule has 0 amide bonds.